The van der Waals surface area contributed by atoms with Gasteiger partial charge in [-0.2, -0.15) is 0 Å². The van der Waals surface area contributed by atoms with Gasteiger partial charge in [0.2, 0.25) is 0 Å². The molecule has 0 saturated heterocycles. The van der Waals surface area contributed by atoms with E-state index >= 15 is 0 Å². The van der Waals surface area contributed by atoms with Crippen LogP contribution in [0.4, 0.5) is 4.39 Å². The molecule has 3 nitrogen and oxygen atoms in total. The fraction of sp³-hybridized carbons (Fsp3) is 0.167. The first-order valence-electron chi connectivity index (χ1n) is 4.95. The van der Waals surface area contributed by atoms with Crippen LogP contribution in [0.25, 0.3) is 0 Å². The lowest BCUT2D eigenvalue weighted by Crippen LogP contribution is -2.12. The Hall–Kier alpha value is -1.81. The van der Waals surface area contributed by atoms with Crippen molar-refractivity contribution < 1.29 is 4.39 Å². The number of aryl methyl sites for hydroxylation is 1. The first-order chi connectivity index (χ1) is 7.66. The first kappa shape index (κ1) is 10.7. The minimum Gasteiger partial charge on any atom is -0.320 e. The molecular weight excluding hydrogens is 205 g/mol. The summed E-state index contributed by atoms with van der Waals surface area (Å²) in [6, 6.07) is 4.73. The highest BCUT2D eigenvalue weighted by Gasteiger charge is 2.10. The Morgan fingerprint density at radius 1 is 1.25 bits per heavy atom. The van der Waals surface area contributed by atoms with Crippen LogP contribution in [0.3, 0.4) is 0 Å². The molecule has 1 atom stereocenters. The van der Waals surface area contributed by atoms with Crippen LogP contribution in [-0.2, 0) is 0 Å². The van der Waals surface area contributed by atoms with E-state index in [0.29, 0.717) is 5.56 Å². The highest BCUT2D eigenvalue weighted by Crippen LogP contribution is 2.19. The Morgan fingerprint density at radius 2 is 2.06 bits per heavy atom. The van der Waals surface area contributed by atoms with Crippen molar-refractivity contribution in [3.63, 3.8) is 0 Å². The van der Waals surface area contributed by atoms with E-state index in [1.807, 2.05) is 19.1 Å². The van der Waals surface area contributed by atoms with Crippen LogP contribution < -0.4 is 5.73 Å². The van der Waals surface area contributed by atoms with Crippen molar-refractivity contribution in [3.05, 3.63) is 59.4 Å². The summed E-state index contributed by atoms with van der Waals surface area (Å²) in [5, 5.41) is 0. The van der Waals surface area contributed by atoms with Crippen molar-refractivity contribution in [3.8, 4) is 0 Å². The second-order valence-corrected chi connectivity index (χ2v) is 3.64. The zero-order valence-electron chi connectivity index (χ0n) is 8.89. The topological polar surface area (TPSA) is 51.8 Å². The minimum atomic E-state index is -0.376. The maximum absolute atomic E-state index is 13.0. The van der Waals surface area contributed by atoms with Gasteiger partial charge in [-0.3, -0.25) is 9.97 Å². The van der Waals surface area contributed by atoms with E-state index in [2.05, 4.69) is 9.97 Å². The molecule has 0 aliphatic carbocycles. The highest BCUT2D eigenvalue weighted by atomic mass is 19.1. The lowest BCUT2D eigenvalue weighted by Gasteiger charge is -2.12. The molecule has 0 aliphatic rings. The third-order valence-corrected chi connectivity index (χ3v) is 2.36. The summed E-state index contributed by atoms with van der Waals surface area (Å²) < 4.78 is 13.0. The number of nitrogens with two attached hydrogens (primary N) is 1. The molecule has 0 saturated carbocycles. The Balaban J connectivity index is 2.35. The number of rotatable bonds is 2. The molecule has 2 aromatic heterocycles. The van der Waals surface area contributed by atoms with Gasteiger partial charge in [-0.15, -0.1) is 0 Å². The van der Waals surface area contributed by atoms with Gasteiger partial charge in [-0.1, -0.05) is 0 Å². The second kappa shape index (κ2) is 4.37. The quantitative estimate of drug-likeness (QED) is 0.836. The summed E-state index contributed by atoms with van der Waals surface area (Å²) in [5.74, 6) is -0.376. The van der Waals surface area contributed by atoms with Crippen LogP contribution in [0.15, 0.2) is 36.8 Å². The molecule has 4 heteroatoms. The number of halogens is 1. The van der Waals surface area contributed by atoms with Gasteiger partial charge >= 0.3 is 0 Å². The lowest BCUT2D eigenvalue weighted by molar-refractivity contribution is 0.616. The van der Waals surface area contributed by atoms with Gasteiger partial charge in [0.05, 0.1) is 12.2 Å². The zero-order chi connectivity index (χ0) is 11.5. The highest BCUT2D eigenvalue weighted by molar-refractivity contribution is 5.29. The van der Waals surface area contributed by atoms with E-state index in [9.17, 15) is 4.39 Å². The number of nitrogens with zero attached hydrogens (tertiary/aromatic N) is 2. The van der Waals surface area contributed by atoms with E-state index in [1.54, 1.807) is 12.4 Å². The van der Waals surface area contributed by atoms with Gasteiger partial charge < -0.3 is 5.73 Å². The Kier molecular flexibility index (Phi) is 2.92. The fourth-order valence-corrected chi connectivity index (χ4v) is 1.55. The summed E-state index contributed by atoms with van der Waals surface area (Å²) in [6.45, 7) is 1.89. The van der Waals surface area contributed by atoms with E-state index in [-0.39, 0.29) is 11.9 Å². The summed E-state index contributed by atoms with van der Waals surface area (Å²) >= 11 is 0. The first-order valence-corrected chi connectivity index (χ1v) is 4.95. The van der Waals surface area contributed by atoms with Gasteiger partial charge in [-0.25, -0.2) is 4.39 Å². The number of pyridine rings is 2. The Morgan fingerprint density at radius 3 is 2.75 bits per heavy atom. The monoisotopic (exact) mass is 217 g/mol. The van der Waals surface area contributed by atoms with E-state index in [1.165, 1.54) is 6.07 Å². The Labute approximate surface area is 93.2 Å². The number of hydrogen-bond donors (Lipinski definition) is 1. The molecule has 0 bridgehead atoms. The number of hydrogen-bond acceptors (Lipinski definition) is 3. The van der Waals surface area contributed by atoms with E-state index < -0.39 is 0 Å². The molecule has 0 radical (unpaired) electrons. The molecule has 0 amide bonds. The van der Waals surface area contributed by atoms with E-state index in [4.69, 9.17) is 5.73 Å². The van der Waals surface area contributed by atoms with Crippen LogP contribution in [-0.4, -0.2) is 9.97 Å². The molecule has 2 aromatic rings. The molecule has 0 spiro atoms. The fourth-order valence-electron chi connectivity index (χ4n) is 1.55. The lowest BCUT2D eigenvalue weighted by atomic mass is 10.0. The van der Waals surface area contributed by atoms with E-state index in [0.717, 1.165) is 17.5 Å². The van der Waals surface area contributed by atoms with Gasteiger partial charge in [0, 0.05) is 18.1 Å². The molecule has 0 aromatic carbocycles. The number of aromatic nitrogens is 2. The average Bonchev–Trinajstić information content (AvgIpc) is 2.28. The van der Waals surface area contributed by atoms with Crippen molar-refractivity contribution in [1.29, 1.82) is 0 Å². The molecule has 1 unspecified atom stereocenters. The van der Waals surface area contributed by atoms with Gasteiger partial charge in [0.1, 0.15) is 5.82 Å². The van der Waals surface area contributed by atoms with Crippen molar-refractivity contribution >= 4 is 0 Å². The van der Waals surface area contributed by atoms with Crippen LogP contribution in [0, 0.1) is 12.7 Å². The predicted molar refractivity (Wildman–Crippen MR) is 59.2 cm³/mol. The minimum absolute atomic E-state index is 0.370. The Bertz CT molecular complexity index is 454. The van der Waals surface area contributed by atoms with Crippen LogP contribution >= 0.6 is 0 Å². The van der Waals surface area contributed by atoms with Gasteiger partial charge in [-0.05, 0) is 36.2 Å². The average molecular weight is 217 g/mol. The van der Waals surface area contributed by atoms with Crippen molar-refractivity contribution in [2.75, 3.05) is 0 Å². The summed E-state index contributed by atoms with van der Waals surface area (Å²) in [6.07, 6.45) is 4.43. The maximum Gasteiger partial charge on any atom is 0.141 e. The molecular formula is C12H12FN3. The van der Waals surface area contributed by atoms with Gasteiger partial charge in [0.25, 0.3) is 0 Å². The summed E-state index contributed by atoms with van der Waals surface area (Å²) in [4.78, 5) is 7.87. The molecule has 16 heavy (non-hydrogen) atoms. The van der Waals surface area contributed by atoms with Crippen LogP contribution in [0.2, 0.25) is 0 Å². The normalized spacial score (nSPS) is 12.4. The molecule has 0 fully saturated rings. The van der Waals surface area contributed by atoms with Crippen molar-refractivity contribution in [1.82, 2.24) is 9.97 Å². The molecule has 82 valence electrons. The smallest absolute Gasteiger partial charge is 0.141 e. The van der Waals surface area contributed by atoms with Crippen molar-refractivity contribution in [2.24, 2.45) is 5.73 Å². The third kappa shape index (κ3) is 2.23. The summed E-state index contributed by atoms with van der Waals surface area (Å²) in [5.41, 5.74) is 8.47. The zero-order valence-corrected chi connectivity index (χ0v) is 8.89. The molecule has 2 heterocycles. The third-order valence-electron chi connectivity index (χ3n) is 2.36. The van der Waals surface area contributed by atoms with Crippen LogP contribution in [0.5, 0.6) is 0 Å². The summed E-state index contributed by atoms with van der Waals surface area (Å²) in [7, 11) is 0. The standard InChI is InChI=1S/C12H12FN3/c1-8-4-9(2-3-16-8)12(14)10-5-11(13)7-15-6-10/h2-7,12H,14H2,1H3. The largest absolute Gasteiger partial charge is 0.320 e. The molecule has 0 aliphatic heterocycles. The predicted octanol–water partition coefficient (Wildman–Crippen LogP) is 1.97. The van der Waals surface area contributed by atoms with Crippen molar-refractivity contribution in [2.45, 2.75) is 13.0 Å². The molecule has 2 rings (SSSR count). The second-order valence-electron chi connectivity index (χ2n) is 3.64. The maximum atomic E-state index is 13.0. The SMILES string of the molecule is Cc1cc(C(N)c2cncc(F)c2)ccn1. The van der Waals surface area contributed by atoms with Gasteiger partial charge in [0.15, 0.2) is 0 Å². The molecule has 2 N–H and O–H groups in total. The van der Waals surface area contributed by atoms with Crippen LogP contribution in [0.1, 0.15) is 22.9 Å².